The molecule has 2 aromatic carbocycles. The van der Waals surface area contributed by atoms with Gasteiger partial charge in [-0.2, -0.15) is 0 Å². The summed E-state index contributed by atoms with van der Waals surface area (Å²) in [4.78, 5) is 0. The van der Waals surface area contributed by atoms with Gasteiger partial charge in [-0.3, -0.25) is 0 Å². The smallest absolute Gasteiger partial charge is 0.174 e. The van der Waals surface area contributed by atoms with Crippen molar-refractivity contribution in [3.63, 3.8) is 0 Å². The number of rotatable bonds is 8. The fourth-order valence-electron chi connectivity index (χ4n) is 2.33. The Morgan fingerprint density at radius 3 is 2.22 bits per heavy atom. The molecule has 0 unspecified atom stereocenters. The molecule has 23 heavy (non-hydrogen) atoms. The third kappa shape index (κ3) is 5.03. The molecule has 0 aromatic heterocycles. The molecule has 4 heteroatoms. The number of hydrogen-bond donors (Lipinski definition) is 1. The predicted molar refractivity (Wildman–Crippen MR) is 105 cm³/mol. The number of halogens is 1. The van der Waals surface area contributed by atoms with E-state index in [0.717, 1.165) is 33.7 Å². The van der Waals surface area contributed by atoms with Crippen LogP contribution in [0.25, 0.3) is 0 Å². The Labute approximate surface area is 152 Å². The van der Waals surface area contributed by atoms with Gasteiger partial charge in [-0.05, 0) is 78.3 Å². The van der Waals surface area contributed by atoms with Crippen LogP contribution in [0.2, 0.25) is 0 Å². The molecule has 0 radical (unpaired) electrons. The van der Waals surface area contributed by atoms with Crippen molar-refractivity contribution in [2.45, 2.75) is 33.7 Å². The lowest BCUT2D eigenvalue weighted by Crippen LogP contribution is -2.04. The molecule has 0 saturated carbocycles. The van der Waals surface area contributed by atoms with E-state index in [2.05, 4.69) is 71.2 Å². The Kier molecular flexibility index (Phi) is 7.02. The first kappa shape index (κ1) is 17.9. The van der Waals surface area contributed by atoms with Crippen LogP contribution < -0.4 is 14.8 Å². The monoisotopic (exact) mass is 425 g/mol. The topological polar surface area (TPSA) is 30.5 Å². The molecule has 0 saturated heterocycles. The minimum atomic E-state index is 0.630. The maximum absolute atomic E-state index is 5.74. The summed E-state index contributed by atoms with van der Waals surface area (Å²) in [5.74, 6) is 1.66. The maximum atomic E-state index is 5.74. The molecule has 0 aliphatic carbocycles. The highest BCUT2D eigenvalue weighted by Gasteiger charge is 2.11. The van der Waals surface area contributed by atoms with E-state index in [1.165, 1.54) is 11.1 Å². The van der Waals surface area contributed by atoms with Crippen molar-refractivity contribution in [1.82, 2.24) is 0 Å². The van der Waals surface area contributed by atoms with E-state index in [4.69, 9.17) is 9.47 Å². The number of anilines is 1. The van der Waals surface area contributed by atoms with Crippen molar-refractivity contribution in [1.29, 1.82) is 0 Å². The van der Waals surface area contributed by atoms with Crippen molar-refractivity contribution >= 4 is 28.3 Å². The van der Waals surface area contributed by atoms with Gasteiger partial charge in [-0.15, -0.1) is 0 Å². The van der Waals surface area contributed by atoms with Crippen molar-refractivity contribution in [3.8, 4) is 11.5 Å². The lowest BCUT2D eigenvalue weighted by atomic mass is 10.1. The van der Waals surface area contributed by atoms with Gasteiger partial charge in [0.25, 0.3) is 0 Å². The molecule has 1 N–H and O–H groups in total. The van der Waals surface area contributed by atoms with Gasteiger partial charge in [0.15, 0.2) is 11.5 Å². The molecule has 0 bridgehead atoms. The molecular weight excluding hydrogens is 401 g/mol. The third-order valence-electron chi connectivity index (χ3n) is 3.52. The first-order valence-electron chi connectivity index (χ1n) is 8.08. The number of aryl methyl sites for hydroxylation is 1. The number of hydrogen-bond acceptors (Lipinski definition) is 3. The highest BCUT2D eigenvalue weighted by Crippen LogP contribution is 2.34. The second kappa shape index (κ2) is 9.01. The molecule has 124 valence electrons. The molecule has 2 aromatic rings. The minimum Gasteiger partial charge on any atom is -0.490 e. The summed E-state index contributed by atoms with van der Waals surface area (Å²) in [6, 6.07) is 12.8. The lowest BCUT2D eigenvalue weighted by molar-refractivity contribution is 0.286. The quantitative estimate of drug-likeness (QED) is 0.585. The normalized spacial score (nSPS) is 10.4. The van der Waals surface area contributed by atoms with Crippen LogP contribution >= 0.6 is 22.6 Å². The van der Waals surface area contributed by atoms with Gasteiger partial charge in [0.2, 0.25) is 0 Å². The molecular formula is C19H24INO2. The van der Waals surface area contributed by atoms with Gasteiger partial charge >= 0.3 is 0 Å². The van der Waals surface area contributed by atoms with E-state index >= 15 is 0 Å². The molecule has 0 heterocycles. The van der Waals surface area contributed by atoms with Crippen LogP contribution in [0.15, 0.2) is 36.4 Å². The molecule has 0 aliphatic rings. The number of ether oxygens (including phenoxy) is 2. The predicted octanol–water partition coefficient (Wildman–Crippen LogP) is 5.26. The summed E-state index contributed by atoms with van der Waals surface area (Å²) < 4.78 is 12.5. The Hall–Kier alpha value is -1.43. The first-order valence-corrected chi connectivity index (χ1v) is 9.16. The standard InChI is InChI=1S/C19H24INO2/c1-4-14-7-9-16(10-8-14)21-13-15-11-17(20)19(23-6-3)18(12-15)22-5-2/h7-12,21H,4-6,13H2,1-3H3. The van der Waals surface area contributed by atoms with E-state index in [1.54, 1.807) is 0 Å². The molecule has 0 amide bonds. The second-order valence-corrected chi connectivity index (χ2v) is 6.34. The van der Waals surface area contributed by atoms with Gasteiger partial charge in [0.05, 0.1) is 16.8 Å². The fourth-order valence-corrected chi connectivity index (χ4v) is 3.15. The van der Waals surface area contributed by atoms with Crippen LogP contribution in [-0.4, -0.2) is 13.2 Å². The largest absolute Gasteiger partial charge is 0.490 e. The summed E-state index contributed by atoms with van der Waals surface area (Å²) in [5, 5.41) is 3.46. The molecule has 2 rings (SSSR count). The van der Waals surface area contributed by atoms with E-state index in [9.17, 15) is 0 Å². The van der Waals surface area contributed by atoms with Crippen LogP contribution in [0, 0.1) is 3.57 Å². The van der Waals surface area contributed by atoms with E-state index in [-0.39, 0.29) is 0 Å². The average Bonchev–Trinajstić information content (AvgIpc) is 2.57. The Morgan fingerprint density at radius 2 is 1.61 bits per heavy atom. The first-order chi connectivity index (χ1) is 11.2. The molecule has 0 spiro atoms. The van der Waals surface area contributed by atoms with Crippen LogP contribution in [0.4, 0.5) is 5.69 Å². The summed E-state index contributed by atoms with van der Waals surface area (Å²) in [5.41, 5.74) is 3.66. The highest BCUT2D eigenvalue weighted by atomic mass is 127. The SMILES string of the molecule is CCOc1cc(CNc2ccc(CC)cc2)cc(I)c1OCC. The average molecular weight is 425 g/mol. The van der Waals surface area contributed by atoms with Gasteiger partial charge in [0.1, 0.15) is 0 Å². The van der Waals surface area contributed by atoms with Crippen molar-refractivity contribution < 1.29 is 9.47 Å². The second-order valence-electron chi connectivity index (χ2n) is 5.17. The van der Waals surface area contributed by atoms with Gasteiger partial charge in [-0.25, -0.2) is 0 Å². The maximum Gasteiger partial charge on any atom is 0.174 e. The highest BCUT2D eigenvalue weighted by molar-refractivity contribution is 14.1. The summed E-state index contributed by atoms with van der Waals surface area (Å²) in [6.45, 7) is 8.17. The molecule has 0 fully saturated rings. The summed E-state index contributed by atoms with van der Waals surface area (Å²) in [6.07, 6.45) is 1.06. The van der Waals surface area contributed by atoms with Crippen molar-refractivity contribution in [2.75, 3.05) is 18.5 Å². The molecule has 0 aliphatic heterocycles. The Bertz CT molecular complexity index is 626. The van der Waals surface area contributed by atoms with E-state index < -0.39 is 0 Å². The summed E-state index contributed by atoms with van der Waals surface area (Å²) >= 11 is 2.31. The van der Waals surface area contributed by atoms with Crippen LogP contribution in [0.5, 0.6) is 11.5 Å². The molecule has 0 atom stereocenters. The zero-order valence-electron chi connectivity index (χ0n) is 14.0. The molecule has 3 nitrogen and oxygen atoms in total. The number of nitrogens with one attached hydrogen (secondary N) is 1. The van der Waals surface area contributed by atoms with Gasteiger partial charge < -0.3 is 14.8 Å². The van der Waals surface area contributed by atoms with Crippen LogP contribution in [0.3, 0.4) is 0 Å². The van der Waals surface area contributed by atoms with Crippen LogP contribution in [-0.2, 0) is 13.0 Å². The minimum absolute atomic E-state index is 0.630. The Balaban J connectivity index is 2.12. The zero-order chi connectivity index (χ0) is 16.7. The van der Waals surface area contributed by atoms with E-state index in [0.29, 0.717) is 13.2 Å². The van der Waals surface area contributed by atoms with Crippen molar-refractivity contribution in [3.05, 3.63) is 51.1 Å². The zero-order valence-corrected chi connectivity index (χ0v) is 16.1. The third-order valence-corrected chi connectivity index (χ3v) is 4.32. The number of benzene rings is 2. The van der Waals surface area contributed by atoms with Crippen molar-refractivity contribution in [2.24, 2.45) is 0 Å². The van der Waals surface area contributed by atoms with Gasteiger partial charge in [-0.1, -0.05) is 19.1 Å². The Morgan fingerprint density at radius 1 is 0.913 bits per heavy atom. The van der Waals surface area contributed by atoms with E-state index in [1.807, 2.05) is 13.8 Å². The fraction of sp³-hybridized carbons (Fsp3) is 0.368. The van der Waals surface area contributed by atoms with Crippen LogP contribution in [0.1, 0.15) is 31.9 Å². The lowest BCUT2D eigenvalue weighted by Gasteiger charge is -2.15. The van der Waals surface area contributed by atoms with Gasteiger partial charge in [0, 0.05) is 12.2 Å². The summed E-state index contributed by atoms with van der Waals surface area (Å²) in [7, 11) is 0.